The number of hydrogen-bond donors (Lipinski definition) is 0. The van der Waals surface area contributed by atoms with Crippen molar-refractivity contribution < 1.29 is 0 Å². The van der Waals surface area contributed by atoms with Crippen LogP contribution in [0.4, 0.5) is 0 Å². The second-order valence-electron chi connectivity index (χ2n) is 4.98. The molecule has 0 radical (unpaired) electrons. The molecule has 98 valence electrons. The molecular weight excluding hydrogens is 234 g/mol. The third kappa shape index (κ3) is 2.60. The topological polar surface area (TPSA) is 30.7 Å². The number of rotatable bonds is 3. The average Bonchev–Trinajstić information content (AvgIpc) is 2.97. The number of hydrogen-bond acceptors (Lipinski definition) is 2. The summed E-state index contributed by atoms with van der Waals surface area (Å²) in [6.07, 6.45) is 9.24. The minimum absolute atomic E-state index is 0.811. The van der Waals surface area contributed by atoms with Gasteiger partial charge in [-0.05, 0) is 43.7 Å². The third-order valence-corrected chi connectivity index (χ3v) is 3.67. The molecular formula is C16H19N3. The van der Waals surface area contributed by atoms with E-state index >= 15 is 0 Å². The molecule has 0 N–H and O–H groups in total. The summed E-state index contributed by atoms with van der Waals surface area (Å²) in [5.74, 6) is 0.811. The van der Waals surface area contributed by atoms with Crippen LogP contribution < -0.4 is 0 Å². The van der Waals surface area contributed by atoms with Crippen LogP contribution in [0.1, 0.15) is 38.2 Å². The second-order valence-corrected chi connectivity index (χ2v) is 4.98. The van der Waals surface area contributed by atoms with Crippen LogP contribution in [0.3, 0.4) is 0 Å². The summed E-state index contributed by atoms with van der Waals surface area (Å²) in [4.78, 5) is 4.34. The minimum Gasteiger partial charge on any atom is -0.253 e. The molecule has 0 unspecified atom stereocenters. The van der Waals surface area contributed by atoms with Gasteiger partial charge >= 0.3 is 0 Å². The van der Waals surface area contributed by atoms with Gasteiger partial charge in [0, 0.05) is 12.1 Å². The molecule has 0 bridgehead atoms. The first-order valence-corrected chi connectivity index (χ1v) is 7.06. The van der Waals surface area contributed by atoms with Crippen molar-refractivity contribution in [3.63, 3.8) is 0 Å². The number of benzene rings is 1. The molecule has 0 amide bonds. The SMILES string of the molecule is CCn1cnc(-c2ccc(C3=CCCCC3)cc2)n1. The van der Waals surface area contributed by atoms with Gasteiger partial charge in [-0.2, -0.15) is 5.10 Å². The fourth-order valence-corrected chi connectivity index (χ4v) is 2.51. The van der Waals surface area contributed by atoms with Crippen LogP contribution in [0.25, 0.3) is 17.0 Å². The molecule has 1 aromatic carbocycles. The highest BCUT2D eigenvalue weighted by Gasteiger charge is 2.08. The van der Waals surface area contributed by atoms with E-state index in [-0.39, 0.29) is 0 Å². The molecule has 0 saturated carbocycles. The van der Waals surface area contributed by atoms with Crippen molar-refractivity contribution in [3.05, 3.63) is 42.2 Å². The monoisotopic (exact) mass is 253 g/mol. The van der Waals surface area contributed by atoms with Gasteiger partial charge in [0.1, 0.15) is 6.33 Å². The van der Waals surface area contributed by atoms with E-state index in [9.17, 15) is 0 Å². The molecule has 1 aliphatic rings. The van der Waals surface area contributed by atoms with E-state index < -0.39 is 0 Å². The fraction of sp³-hybridized carbons (Fsp3) is 0.375. The summed E-state index contributed by atoms with van der Waals surface area (Å²) < 4.78 is 1.85. The zero-order chi connectivity index (χ0) is 13.1. The number of aromatic nitrogens is 3. The molecule has 0 aliphatic heterocycles. The van der Waals surface area contributed by atoms with Crippen molar-refractivity contribution in [3.8, 4) is 11.4 Å². The number of nitrogens with zero attached hydrogens (tertiary/aromatic N) is 3. The molecule has 3 heteroatoms. The van der Waals surface area contributed by atoms with E-state index in [2.05, 4.69) is 47.3 Å². The highest BCUT2D eigenvalue weighted by molar-refractivity contribution is 5.68. The molecule has 0 fully saturated rings. The Morgan fingerprint density at radius 2 is 1.89 bits per heavy atom. The quantitative estimate of drug-likeness (QED) is 0.830. The molecule has 0 atom stereocenters. The van der Waals surface area contributed by atoms with Crippen molar-refractivity contribution in [2.45, 2.75) is 39.2 Å². The summed E-state index contributed by atoms with van der Waals surface area (Å²) in [6, 6.07) is 8.64. The van der Waals surface area contributed by atoms with Gasteiger partial charge in [0.15, 0.2) is 5.82 Å². The summed E-state index contributed by atoms with van der Waals surface area (Å²) in [7, 11) is 0. The van der Waals surface area contributed by atoms with Crippen LogP contribution in [0.2, 0.25) is 0 Å². The summed E-state index contributed by atoms with van der Waals surface area (Å²) in [5, 5.41) is 4.43. The summed E-state index contributed by atoms with van der Waals surface area (Å²) in [5.41, 5.74) is 3.93. The molecule has 19 heavy (non-hydrogen) atoms. The maximum absolute atomic E-state index is 4.43. The predicted molar refractivity (Wildman–Crippen MR) is 77.6 cm³/mol. The molecule has 3 nitrogen and oxygen atoms in total. The largest absolute Gasteiger partial charge is 0.253 e. The predicted octanol–water partition coefficient (Wildman–Crippen LogP) is 3.92. The molecule has 0 spiro atoms. The van der Waals surface area contributed by atoms with Gasteiger partial charge in [-0.3, -0.25) is 4.68 Å². The van der Waals surface area contributed by atoms with E-state index in [1.54, 1.807) is 6.33 Å². The van der Waals surface area contributed by atoms with E-state index in [1.165, 1.54) is 36.8 Å². The number of allylic oxidation sites excluding steroid dienone is 2. The van der Waals surface area contributed by atoms with Gasteiger partial charge in [-0.15, -0.1) is 0 Å². The lowest BCUT2D eigenvalue weighted by molar-refractivity contribution is 0.659. The standard InChI is InChI=1S/C16H19N3/c1-2-19-12-17-16(18-19)15-10-8-14(9-11-15)13-6-4-3-5-7-13/h6,8-12H,2-5,7H2,1H3. The van der Waals surface area contributed by atoms with Crippen LogP contribution in [0.5, 0.6) is 0 Å². The Morgan fingerprint density at radius 1 is 1.11 bits per heavy atom. The van der Waals surface area contributed by atoms with Crippen LogP contribution in [0.15, 0.2) is 36.7 Å². The van der Waals surface area contributed by atoms with Crippen molar-refractivity contribution in [1.29, 1.82) is 0 Å². The van der Waals surface area contributed by atoms with Crippen molar-refractivity contribution in [2.75, 3.05) is 0 Å². The maximum atomic E-state index is 4.43. The Morgan fingerprint density at radius 3 is 2.53 bits per heavy atom. The molecule has 2 aromatic rings. The Kier molecular flexibility index (Phi) is 3.45. The van der Waals surface area contributed by atoms with Gasteiger partial charge in [0.05, 0.1) is 0 Å². The number of aryl methyl sites for hydroxylation is 1. The van der Waals surface area contributed by atoms with Crippen molar-refractivity contribution >= 4 is 5.57 Å². The Bertz CT molecular complexity index is 578. The first-order valence-electron chi connectivity index (χ1n) is 7.06. The normalized spacial score (nSPS) is 15.3. The zero-order valence-corrected chi connectivity index (χ0v) is 11.3. The summed E-state index contributed by atoms with van der Waals surface area (Å²) >= 11 is 0. The zero-order valence-electron chi connectivity index (χ0n) is 11.3. The van der Waals surface area contributed by atoms with Crippen LogP contribution in [-0.4, -0.2) is 14.8 Å². The van der Waals surface area contributed by atoms with E-state index in [0.29, 0.717) is 0 Å². The molecule has 1 aliphatic carbocycles. The third-order valence-electron chi connectivity index (χ3n) is 3.67. The van der Waals surface area contributed by atoms with Crippen molar-refractivity contribution in [1.82, 2.24) is 14.8 Å². The Balaban J connectivity index is 1.84. The maximum Gasteiger partial charge on any atom is 0.181 e. The van der Waals surface area contributed by atoms with Gasteiger partial charge in [-0.1, -0.05) is 30.3 Å². The van der Waals surface area contributed by atoms with Gasteiger partial charge in [0.25, 0.3) is 0 Å². The lowest BCUT2D eigenvalue weighted by Gasteiger charge is -2.12. The molecule has 1 aromatic heterocycles. The van der Waals surface area contributed by atoms with Crippen molar-refractivity contribution in [2.24, 2.45) is 0 Å². The first kappa shape index (κ1) is 12.2. The van der Waals surface area contributed by atoms with Crippen LogP contribution in [-0.2, 0) is 6.54 Å². The van der Waals surface area contributed by atoms with E-state index in [0.717, 1.165) is 17.9 Å². The second kappa shape index (κ2) is 5.39. The highest BCUT2D eigenvalue weighted by atomic mass is 15.3. The van der Waals surface area contributed by atoms with E-state index in [1.807, 2.05) is 4.68 Å². The van der Waals surface area contributed by atoms with Gasteiger partial charge in [0.2, 0.25) is 0 Å². The highest BCUT2D eigenvalue weighted by Crippen LogP contribution is 2.27. The smallest absolute Gasteiger partial charge is 0.181 e. The lowest BCUT2D eigenvalue weighted by Crippen LogP contribution is -1.94. The van der Waals surface area contributed by atoms with Gasteiger partial charge in [-0.25, -0.2) is 4.98 Å². The van der Waals surface area contributed by atoms with Crippen LogP contribution in [0, 0.1) is 0 Å². The Labute approximate surface area is 114 Å². The lowest BCUT2D eigenvalue weighted by atomic mass is 9.93. The summed E-state index contributed by atoms with van der Waals surface area (Å²) in [6.45, 7) is 2.93. The molecule has 0 saturated heterocycles. The molecule has 1 heterocycles. The fourth-order valence-electron chi connectivity index (χ4n) is 2.51. The molecule has 3 rings (SSSR count). The Hall–Kier alpha value is -1.90. The average molecular weight is 253 g/mol. The van der Waals surface area contributed by atoms with Crippen LogP contribution >= 0.6 is 0 Å². The van der Waals surface area contributed by atoms with Gasteiger partial charge < -0.3 is 0 Å². The minimum atomic E-state index is 0.811. The van der Waals surface area contributed by atoms with E-state index in [4.69, 9.17) is 0 Å². The first-order chi connectivity index (χ1) is 9.36.